The standard InChI is InChI=1S/C17H19N5O3/c1-10-14(11(2)25-22-10)9-16(23)19-17-18-15(20-21-17)8-12-4-6-13(24-3)7-5-12/h4-7H,8-9H2,1-3H3,(H2,18,19,20,21,23). The normalized spacial score (nSPS) is 10.7. The molecule has 0 spiro atoms. The van der Waals surface area contributed by atoms with Crippen LogP contribution < -0.4 is 10.1 Å². The zero-order valence-electron chi connectivity index (χ0n) is 14.3. The number of benzene rings is 1. The van der Waals surface area contributed by atoms with Gasteiger partial charge in [-0.05, 0) is 31.5 Å². The molecule has 0 radical (unpaired) electrons. The van der Waals surface area contributed by atoms with Crippen molar-refractivity contribution in [2.45, 2.75) is 26.7 Å². The molecular formula is C17H19N5O3. The minimum Gasteiger partial charge on any atom is -0.497 e. The first-order chi connectivity index (χ1) is 12.0. The van der Waals surface area contributed by atoms with Gasteiger partial charge >= 0.3 is 0 Å². The Labute approximate surface area is 144 Å². The number of hydrogen-bond acceptors (Lipinski definition) is 6. The van der Waals surface area contributed by atoms with Crippen molar-refractivity contribution >= 4 is 11.9 Å². The number of nitrogens with one attached hydrogen (secondary N) is 2. The molecule has 1 amide bonds. The van der Waals surface area contributed by atoms with Crippen molar-refractivity contribution in [3.05, 3.63) is 52.7 Å². The SMILES string of the molecule is COc1ccc(Cc2nc(NC(=O)Cc3c(C)noc3C)n[nH]2)cc1. The highest BCUT2D eigenvalue weighted by Gasteiger charge is 2.15. The second-order valence-electron chi connectivity index (χ2n) is 5.66. The third-order valence-electron chi connectivity index (χ3n) is 3.83. The Hall–Kier alpha value is -3.16. The van der Waals surface area contributed by atoms with Gasteiger partial charge in [-0.2, -0.15) is 4.98 Å². The van der Waals surface area contributed by atoms with Crippen molar-refractivity contribution in [1.82, 2.24) is 20.3 Å². The fourth-order valence-electron chi connectivity index (χ4n) is 2.45. The molecule has 0 atom stereocenters. The van der Waals surface area contributed by atoms with Crippen LogP contribution in [0, 0.1) is 13.8 Å². The van der Waals surface area contributed by atoms with Gasteiger partial charge in [-0.1, -0.05) is 17.3 Å². The van der Waals surface area contributed by atoms with E-state index in [0.717, 1.165) is 16.9 Å². The molecule has 0 saturated heterocycles. The highest BCUT2D eigenvalue weighted by atomic mass is 16.5. The van der Waals surface area contributed by atoms with E-state index in [1.165, 1.54) is 0 Å². The summed E-state index contributed by atoms with van der Waals surface area (Å²) in [4.78, 5) is 16.4. The Morgan fingerprint density at radius 3 is 2.68 bits per heavy atom. The molecule has 2 N–H and O–H groups in total. The average Bonchev–Trinajstić information content (AvgIpc) is 3.16. The molecule has 0 unspecified atom stereocenters. The van der Waals surface area contributed by atoms with Crippen LogP contribution in [0.4, 0.5) is 5.95 Å². The van der Waals surface area contributed by atoms with Crippen molar-refractivity contribution < 1.29 is 14.1 Å². The maximum atomic E-state index is 12.1. The number of H-pyrrole nitrogens is 1. The van der Waals surface area contributed by atoms with Crippen molar-refractivity contribution in [3.63, 3.8) is 0 Å². The van der Waals surface area contributed by atoms with Gasteiger partial charge in [-0.25, -0.2) is 0 Å². The Bertz CT molecular complexity index is 847. The molecule has 2 aromatic heterocycles. The van der Waals surface area contributed by atoms with E-state index in [1.807, 2.05) is 24.3 Å². The van der Waals surface area contributed by atoms with Crippen LogP contribution in [0.3, 0.4) is 0 Å². The minimum absolute atomic E-state index is 0.170. The Morgan fingerprint density at radius 2 is 2.04 bits per heavy atom. The number of aromatic amines is 1. The molecular weight excluding hydrogens is 322 g/mol. The molecule has 0 aliphatic heterocycles. The lowest BCUT2D eigenvalue weighted by Crippen LogP contribution is -2.16. The van der Waals surface area contributed by atoms with Crippen molar-refractivity contribution in [2.24, 2.45) is 0 Å². The molecule has 0 fully saturated rings. The number of aryl methyl sites for hydroxylation is 2. The van der Waals surface area contributed by atoms with E-state index in [1.54, 1.807) is 21.0 Å². The minimum atomic E-state index is -0.218. The third-order valence-corrected chi connectivity index (χ3v) is 3.83. The molecule has 8 heteroatoms. The molecule has 8 nitrogen and oxygen atoms in total. The third kappa shape index (κ3) is 4.03. The van der Waals surface area contributed by atoms with Crippen LogP contribution in [-0.4, -0.2) is 33.4 Å². The van der Waals surface area contributed by atoms with E-state index in [9.17, 15) is 4.79 Å². The van der Waals surface area contributed by atoms with Gasteiger partial charge in [0.25, 0.3) is 0 Å². The molecule has 2 heterocycles. The highest BCUT2D eigenvalue weighted by molar-refractivity contribution is 5.90. The zero-order chi connectivity index (χ0) is 17.8. The van der Waals surface area contributed by atoms with Gasteiger partial charge in [-0.15, -0.1) is 5.10 Å². The van der Waals surface area contributed by atoms with E-state index in [2.05, 4.69) is 25.7 Å². The Balaban J connectivity index is 1.60. The predicted molar refractivity (Wildman–Crippen MR) is 90.5 cm³/mol. The molecule has 1 aromatic carbocycles. The molecule has 0 aliphatic rings. The topological polar surface area (TPSA) is 106 Å². The first-order valence-electron chi connectivity index (χ1n) is 7.81. The number of carbonyl (C=O) groups excluding carboxylic acids is 1. The van der Waals surface area contributed by atoms with Gasteiger partial charge in [0.05, 0.1) is 19.2 Å². The van der Waals surface area contributed by atoms with Crippen LogP contribution >= 0.6 is 0 Å². The number of rotatable bonds is 6. The first kappa shape index (κ1) is 16.7. The number of anilines is 1. The van der Waals surface area contributed by atoms with Gasteiger partial charge in [0.1, 0.15) is 17.3 Å². The Morgan fingerprint density at radius 1 is 1.28 bits per heavy atom. The summed E-state index contributed by atoms with van der Waals surface area (Å²) < 4.78 is 10.2. The number of nitrogens with zero attached hydrogens (tertiary/aromatic N) is 3. The maximum absolute atomic E-state index is 12.1. The van der Waals surface area contributed by atoms with Gasteiger partial charge in [-0.3, -0.25) is 15.2 Å². The Kier molecular flexibility index (Phi) is 4.78. The number of methoxy groups -OCH3 is 1. The summed E-state index contributed by atoms with van der Waals surface area (Å²) in [6, 6.07) is 7.68. The predicted octanol–water partition coefficient (Wildman–Crippen LogP) is 2.19. The van der Waals surface area contributed by atoms with Crippen LogP contribution in [0.15, 0.2) is 28.8 Å². The van der Waals surface area contributed by atoms with E-state index in [-0.39, 0.29) is 18.3 Å². The van der Waals surface area contributed by atoms with E-state index in [4.69, 9.17) is 9.26 Å². The second-order valence-corrected chi connectivity index (χ2v) is 5.66. The molecule has 0 saturated carbocycles. The van der Waals surface area contributed by atoms with Gasteiger partial charge in [0.2, 0.25) is 11.9 Å². The summed E-state index contributed by atoms with van der Waals surface area (Å²) in [5, 5.41) is 13.4. The maximum Gasteiger partial charge on any atom is 0.248 e. The van der Waals surface area contributed by atoms with Crippen LogP contribution in [0.25, 0.3) is 0 Å². The number of aromatic nitrogens is 4. The lowest BCUT2D eigenvalue weighted by atomic mass is 10.1. The van der Waals surface area contributed by atoms with Crippen molar-refractivity contribution in [2.75, 3.05) is 12.4 Å². The largest absolute Gasteiger partial charge is 0.497 e. The summed E-state index contributed by atoms with van der Waals surface area (Å²) in [7, 11) is 1.63. The van der Waals surface area contributed by atoms with Gasteiger partial charge < -0.3 is 9.26 Å². The molecule has 3 aromatic rings. The lowest BCUT2D eigenvalue weighted by Gasteiger charge is -2.01. The highest BCUT2D eigenvalue weighted by Crippen LogP contribution is 2.15. The van der Waals surface area contributed by atoms with Crippen LogP contribution in [0.1, 0.15) is 28.4 Å². The van der Waals surface area contributed by atoms with E-state index < -0.39 is 0 Å². The number of carbonyl (C=O) groups is 1. The summed E-state index contributed by atoms with van der Waals surface area (Å²) in [5.74, 6) is 2.14. The van der Waals surface area contributed by atoms with Crippen LogP contribution in [0.2, 0.25) is 0 Å². The van der Waals surface area contributed by atoms with Gasteiger partial charge in [0.15, 0.2) is 0 Å². The van der Waals surface area contributed by atoms with Gasteiger partial charge in [0, 0.05) is 12.0 Å². The van der Waals surface area contributed by atoms with Crippen molar-refractivity contribution in [3.8, 4) is 5.75 Å². The fourth-order valence-corrected chi connectivity index (χ4v) is 2.45. The summed E-state index contributed by atoms with van der Waals surface area (Å²) in [6.45, 7) is 3.58. The molecule has 0 aliphatic carbocycles. The smallest absolute Gasteiger partial charge is 0.248 e. The summed E-state index contributed by atoms with van der Waals surface area (Å²) in [5.41, 5.74) is 2.56. The monoisotopic (exact) mass is 341 g/mol. The lowest BCUT2D eigenvalue weighted by molar-refractivity contribution is -0.115. The quantitative estimate of drug-likeness (QED) is 0.712. The number of amides is 1. The van der Waals surface area contributed by atoms with Crippen molar-refractivity contribution in [1.29, 1.82) is 0 Å². The summed E-state index contributed by atoms with van der Waals surface area (Å²) >= 11 is 0. The molecule has 130 valence electrons. The average molecular weight is 341 g/mol. The number of hydrogen-bond donors (Lipinski definition) is 2. The number of ether oxygens (including phenoxy) is 1. The van der Waals surface area contributed by atoms with Crippen LogP contribution in [0.5, 0.6) is 5.75 Å². The molecule has 25 heavy (non-hydrogen) atoms. The van der Waals surface area contributed by atoms with E-state index in [0.29, 0.717) is 23.7 Å². The zero-order valence-corrected chi connectivity index (χ0v) is 14.3. The molecule has 0 bridgehead atoms. The van der Waals surface area contributed by atoms with E-state index >= 15 is 0 Å². The second kappa shape index (κ2) is 7.16. The molecule has 3 rings (SSSR count). The fraction of sp³-hybridized carbons (Fsp3) is 0.294. The first-order valence-corrected chi connectivity index (χ1v) is 7.81. The summed E-state index contributed by atoms with van der Waals surface area (Å²) in [6.07, 6.45) is 0.750. The van der Waals surface area contributed by atoms with Crippen LogP contribution in [-0.2, 0) is 17.6 Å².